The van der Waals surface area contributed by atoms with E-state index in [0.29, 0.717) is 42.7 Å². The molecule has 2 aromatic carbocycles. The number of aliphatic hydroxyl groups is 1. The standard InChI is InChI=1S/C25H24F6N2O6S/c1-2-40(37,38)17-9-10-18-14(12-17)13-33(22(35)19-4-3-11-39-19)20(18)21(34)32-16-7-5-15(6-8-16)23(36,24(26,27)28)25(29,30)31/h5-10,12,19-20,36H,2-4,11,13H2,1H3,(H,32,34). The van der Waals surface area contributed by atoms with Gasteiger partial charge >= 0.3 is 12.4 Å². The lowest BCUT2D eigenvalue weighted by molar-refractivity contribution is -0.376. The van der Waals surface area contributed by atoms with Crippen molar-refractivity contribution in [2.75, 3.05) is 17.7 Å². The molecule has 2 N–H and O–H groups in total. The molecule has 2 amide bonds. The number of ether oxygens (including phenoxy) is 1. The molecule has 15 heteroatoms. The molecule has 2 atom stereocenters. The maximum Gasteiger partial charge on any atom is 0.430 e. The molecule has 1 saturated heterocycles. The normalized spacial score (nSPS) is 19.9. The van der Waals surface area contributed by atoms with Crippen LogP contribution in [0.1, 0.15) is 42.5 Å². The summed E-state index contributed by atoms with van der Waals surface area (Å²) in [4.78, 5) is 27.8. The summed E-state index contributed by atoms with van der Waals surface area (Å²) in [5, 5.41) is 11.9. The zero-order valence-corrected chi connectivity index (χ0v) is 21.7. The predicted octanol–water partition coefficient (Wildman–Crippen LogP) is 3.99. The molecule has 2 unspecified atom stereocenters. The number of nitrogens with one attached hydrogen (secondary N) is 1. The van der Waals surface area contributed by atoms with Gasteiger partial charge in [-0.05, 0) is 48.2 Å². The molecule has 218 valence electrons. The number of carbonyl (C=O) groups is 2. The monoisotopic (exact) mass is 594 g/mol. The number of sulfone groups is 1. The number of amides is 2. The summed E-state index contributed by atoms with van der Waals surface area (Å²) in [7, 11) is -3.61. The highest BCUT2D eigenvalue weighted by Gasteiger charge is 2.71. The van der Waals surface area contributed by atoms with E-state index < -0.39 is 57.3 Å². The molecule has 4 rings (SSSR count). The number of carbonyl (C=O) groups excluding carboxylic acids is 2. The van der Waals surface area contributed by atoms with Crippen molar-refractivity contribution in [1.29, 1.82) is 0 Å². The number of alkyl halides is 6. The molecule has 40 heavy (non-hydrogen) atoms. The van der Waals surface area contributed by atoms with Crippen LogP contribution in [0.4, 0.5) is 32.0 Å². The lowest BCUT2D eigenvalue weighted by Crippen LogP contribution is -2.53. The van der Waals surface area contributed by atoms with E-state index in [1.165, 1.54) is 30.0 Å². The largest absolute Gasteiger partial charge is 0.430 e. The first kappa shape index (κ1) is 29.8. The van der Waals surface area contributed by atoms with Crippen LogP contribution in [0.5, 0.6) is 0 Å². The Morgan fingerprint density at radius 1 is 1.05 bits per heavy atom. The number of fused-ring (bicyclic) bond motifs is 1. The summed E-state index contributed by atoms with van der Waals surface area (Å²) in [6, 6.07) is 5.05. The lowest BCUT2D eigenvalue weighted by Gasteiger charge is -2.32. The fourth-order valence-corrected chi connectivity index (χ4v) is 5.66. The smallest absolute Gasteiger partial charge is 0.369 e. The predicted molar refractivity (Wildman–Crippen MR) is 128 cm³/mol. The van der Waals surface area contributed by atoms with E-state index in [9.17, 15) is 49.5 Å². The summed E-state index contributed by atoms with van der Waals surface area (Å²) >= 11 is 0. The molecular weight excluding hydrogens is 570 g/mol. The van der Waals surface area contributed by atoms with Gasteiger partial charge in [-0.1, -0.05) is 25.1 Å². The van der Waals surface area contributed by atoms with Crippen LogP contribution in [-0.2, 0) is 36.3 Å². The van der Waals surface area contributed by atoms with Gasteiger partial charge in [0.05, 0.1) is 10.6 Å². The van der Waals surface area contributed by atoms with E-state index in [0.717, 1.165) is 12.1 Å². The molecule has 0 bridgehead atoms. The molecule has 1 fully saturated rings. The minimum absolute atomic E-state index is 0.00303. The molecule has 2 aliphatic rings. The number of rotatable bonds is 6. The Bertz CT molecular complexity index is 1390. The highest BCUT2D eigenvalue weighted by Crippen LogP contribution is 2.50. The Balaban J connectivity index is 1.65. The Morgan fingerprint density at radius 2 is 1.68 bits per heavy atom. The van der Waals surface area contributed by atoms with Crippen molar-refractivity contribution >= 4 is 27.3 Å². The van der Waals surface area contributed by atoms with Gasteiger partial charge in [0, 0.05) is 24.4 Å². The van der Waals surface area contributed by atoms with Crippen molar-refractivity contribution in [3.63, 3.8) is 0 Å². The van der Waals surface area contributed by atoms with Gasteiger partial charge in [0.2, 0.25) is 0 Å². The molecule has 8 nitrogen and oxygen atoms in total. The van der Waals surface area contributed by atoms with Crippen LogP contribution in [0.3, 0.4) is 0 Å². The summed E-state index contributed by atoms with van der Waals surface area (Å²) in [6.45, 7) is 1.67. The van der Waals surface area contributed by atoms with Gasteiger partial charge in [0.1, 0.15) is 12.1 Å². The highest BCUT2D eigenvalue weighted by atomic mass is 32.2. The van der Waals surface area contributed by atoms with Gasteiger partial charge in [-0.2, -0.15) is 26.3 Å². The second-order valence-electron chi connectivity index (χ2n) is 9.41. The second-order valence-corrected chi connectivity index (χ2v) is 11.7. The summed E-state index contributed by atoms with van der Waals surface area (Å²) < 4.78 is 109. The van der Waals surface area contributed by atoms with E-state index in [1.807, 2.05) is 0 Å². The maximum atomic E-state index is 13.4. The van der Waals surface area contributed by atoms with Crippen LogP contribution >= 0.6 is 0 Å². The van der Waals surface area contributed by atoms with Crippen molar-refractivity contribution in [2.24, 2.45) is 0 Å². The Morgan fingerprint density at radius 3 is 2.20 bits per heavy atom. The number of anilines is 1. The Labute approximate surface area is 224 Å². The van der Waals surface area contributed by atoms with Crippen molar-refractivity contribution in [2.45, 2.75) is 61.3 Å². The van der Waals surface area contributed by atoms with Crippen LogP contribution in [0, 0.1) is 0 Å². The average Bonchev–Trinajstić information content (AvgIpc) is 3.55. The zero-order valence-electron chi connectivity index (χ0n) is 20.8. The van der Waals surface area contributed by atoms with E-state index in [-0.39, 0.29) is 22.9 Å². The van der Waals surface area contributed by atoms with Crippen LogP contribution in [0.25, 0.3) is 0 Å². The summed E-state index contributed by atoms with van der Waals surface area (Å²) in [6.07, 6.45) is -12.0. The first-order valence-corrected chi connectivity index (χ1v) is 13.7. The van der Waals surface area contributed by atoms with Crippen LogP contribution in [-0.4, -0.2) is 61.1 Å². The van der Waals surface area contributed by atoms with Crippen LogP contribution < -0.4 is 5.32 Å². The number of hydrogen-bond donors (Lipinski definition) is 2. The van der Waals surface area contributed by atoms with Gasteiger partial charge in [-0.25, -0.2) is 8.42 Å². The fraction of sp³-hybridized carbons (Fsp3) is 0.440. The quantitative estimate of drug-likeness (QED) is 0.490. The molecular formula is C25H24F6N2O6S. The van der Waals surface area contributed by atoms with E-state index in [1.54, 1.807) is 0 Å². The Hall–Kier alpha value is -3.17. The third-order valence-corrected chi connectivity index (χ3v) is 8.66. The van der Waals surface area contributed by atoms with Gasteiger partial charge in [0.25, 0.3) is 17.4 Å². The number of benzene rings is 2. The third kappa shape index (κ3) is 5.17. The molecule has 0 aliphatic carbocycles. The SMILES string of the molecule is CCS(=O)(=O)c1ccc2c(c1)CN(C(=O)C1CCCO1)C2C(=O)Nc1ccc(C(O)(C(F)(F)F)C(F)(F)F)cc1. The van der Waals surface area contributed by atoms with Gasteiger partial charge in [0.15, 0.2) is 9.84 Å². The van der Waals surface area contributed by atoms with Gasteiger partial charge in [-0.15, -0.1) is 0 Å². The van der Waals surface area contributed by atoms with Gasteiger partial charge < -0.3 is 20.1 Å². The summed E-state index contributed by atoms with van der Waals surface area (Å²) in [5.74, 6) is -1.54. The zero-order chi connectivity index (χ0) is 29.7. The molecule has 2 heterocycles. The Kier molecular flexibility index (Phi) is 7.71. The molecule has 0 saturated carbocycles. The number of hydrogen-bond acceptors (Lipinski definition) is 6. The molecule has 2 aliphatic heterocycles. The third-order valence-electron chi connectivity index (χ3n) is 6.93. The highest BCUT2D eigenvalue weighted by molar-refractivity contribution is 7.91. The van der Waals surface area contributed by atoms with Crippen molar-refractivity contribution in [3.8, 4) is 0 Å². The van der Waals surface area contributed by atoms with E-state index >= 15 is 0 Å². The van der Waals surface area contributed by atoms with Gasteiger partial charge in [-0.3, -0.25) is 9.59 Å². The molecule has 0 radical (unpaired) electrons. The second kappa shape index (κ2) is 10.3. The maximum absolute atomic E-state index is 13.4. The van der Waals surface area contributed by atoms with Crippen LogP contribution in [0.15, 0.2) is 47.4 Å². The van der Waals surface area contributed by atoms with E-state index in [4.69, 9.17) is 4.74 Å². The van der Waals surface area contributed by atoms with Crippen molar-refractivity contribution in [1.82, 2.24) is 4.90 Å². The molecule has 2 aromatic rings. The van der Waals surface area contributed by atoms with Crippen LogP contribution in [0.2, 0.25) is 0 Å². The minimum atomic E-state index is -6.07. The summed E-state index contributed by atoms with van der Waals surface area (Å²) in [5.41, 5.74) is -6.15. The van der Waals surface area contributed by atoms with E-state index in [2.05, 4.69) is 5.32 Å². The number of nitrogens with zero attached hydrogens (tertiary/aromatic N) is 1. The number of halogens is 6. The van der Waals surface area contributed by atoms with Crippen molar-refractivity contribution < 1.29 is 54.2 Å². The average molecular weight is 595 g/mol. The van der Waals surface area contributed by atoms with Crippen molar-refractivity contribution in [3.05, 3.63) is 59.2 Å². The molecule has 0 spiro atoms. The molecule has 0 aromatic heterocycles. The minimum Gasteiger partial charge on any atom is -0.369 e. The lowest BCUT2D eigenvalue weighted by atomic mass is 9.92. The first-order valence-electron chi connectivity index (χ1n) is 12.1. The fourth-order valence-electron chi connectivity index (χ4n) is 4.73. The first-order chi connectivity index (χ1) is 18.5. The topological polar surface area (TPSA) is 113 Å².